The fourth-order valence-electron chi connectivity index (χ4n) is 2.02. The van der Waals surface area contributed by atoms with Crippen molar-refractivity contribution in [2.75, 3.05) is 0 Å². The molecule has 4 heteroatoms. The zero-order valence-corrected chi connectivity index (χ0v) is 10.6. The molecule has 0 amide bonds. The highest BCUT2D eigenvalue weighted by molar-refractivity contribution is 5.74. The van der Waals surface area contributed by atoms with Crippen LogP contribution in [0.5, 0.6) is 0 Å². The Balaban J connectivity index is 1.98. The Hall–Kier alpha value is -2.59. The molecule has 2 heterocycles. The average molecular weight is 268 g/mol. The van der Waals surface area contributed by atoms with Crippen LogP contribution in [0.15, 0.2) is 57.4 Å². The predicted molar refractivity (Wildman–Crippen MR) is 73.2 cm³/mol. The van der Waals surface area contributed by atoms with Gasteiger partial charge < -0.3 is 13.9 Å². The number of carbonyl (C=O) groups excluding carboxylic acids is 1. The maximum atomic E-state index is 10.6. The first kappa shape index (κ1) is 12.4. The van der Waals surface area contributed by atoms with Gasteiger partial charge in [0.15, 0.2) is 12.0 Å². The molecule has 0 unspecified atom stereocenters. The molecule has 0 fully saturated rings. The van der Waals surface area contributed by atoms with Crippen molar-refractivity contribution in [2.24, 2.45) is 0 Å². The Labute approximate surface area is 115 Å². The van der Waals surface area contributed by atoms with E-state index in [9.17, 15) is 4.79 Å². The molecule has 0 aliphatic carbocycles. The summed E-state index contributed by atoms with van der Waals surface area (Å²) in [5, 5.41) is 9.02. The summed E-state index contributed by atoms with van der Waals surface area (Å²) in [7, 11) is 0. The third-order valence-corrected chi connectivity index (χ3v) is 2.99. The van der Waals surface area contributed by atoms with Gasteiger partial charge in [0.1, 0.15) is 23.9 Å². The van der Waals surface area contributed by atoms with E-state index >= 15 is 0 Å². The van der Waals surface area contributed by atoms with Crippen molar-refractivity contribution in [1.82, 2.24) is 0 Å². The number of furan rings is 2. The Morgan fingerprint density at radius 1 is 0.950 bits per heavy atom. The first-order valence-corrected chi connectivity index (χ1v) is 6.15. The van der Waals surface area contributed by atoms with Crippen LogP contribution >= 0.6 is 0 Å². The molecule has 0 radical (unpaired) electrons. The van der Waals surface area contributed by atoms with Gasteiger partial charge in [-0.3, -0.25) is 4.79 Å². The maximum Gasteiger partial charge on any atom is 0.185 e. The van der Waals surface area contributed by atoms with E-state index in [2.05, 4.69) is 0 Å². The van der Waals surface area contributed by atoms with Crippen molar-refractivity contribution >= 4 is 6.29 Å². The van der Waals surface area contributed by atoms with E-state index < -0.39 is 0 Å². The summed E-state index contributed by atoms with van der Waals surface area (Å²) < 4.78 is 10.9. The third kappa shape index (κ3) is 2.29. The fraction of sp³-hybridized carbons (Fsp3) is 0.0625. The van der Waals surface area contributed by atoms with Gasteiger partial charge in [0.05, 0.1) is 0 Å². The number of rotatable bonds is 4. The fourth-order valence-corrected chi connectivity index (χ4v) is 2.02. The van der Waals surface area contributed by atoms with E-state index in [4.69, 9.17) is 13.9 Å². The molecule has 0 saturated carbocycles. The SMILES string of the molecule is O=Cc1ccc(-c2cccc(-c3ccc(CO)o3)c2)o1. The molecular formula is C16H12O4. The predicted octanol–water partition coefficient (Wildman–Crippen LogP) is 3.51. The molecule has 0 bridgehead atoms. The summed E-state index contributed by atoms with van der Waals surface area (Å²) in [4.78, 5) is 10.6. The topological polar surface area (TPSA) is 63.6 Å². The number of hydrogen-bond acceptors (Lipinski definition) is 4. The molecule has 3 aromatic rings. The number of aliphatic hydroxyl groups is 1. The van der Waals surface area contributed by atoms with Crippen LogP contribution in [0, 0.1) is 0 Å². The number of benzene rings is 1. The summed E-state index contributed by atoms with van der Waals surface area (Å²) in [5.74, 6) is 2.12. The Morgan fingerprint density at radius 2 is 1.65 bits per heavy atom. The van der Waals surface area contributed by atoms with Crippen LogP contribution in [0.25, 0.3) is 22.6 Å². The molecule has 1 N–H and O–H groups in total. The average Bonchev–Trinajstić information content (AvgIpc) is 3.16. The number of hydrogen-bond donors (Lipinski definition) is 1. The molecule has 0 saturated heterocycles. The zero-order valence-electron chi connectivity index (χ0n) is 10.6. The van der Waals surface area contributed by atoms with Crippen molar-refractivity contribution in [2.45, 2.75) is 6.61 Å². The first-order valence-electron chi connectivity index (χ1n) is 6.15. The Kier molecular flexibility index (Phi) is 3.23. The maximum absolute atomic E-state index is 10.6. The lowest BCUT2D eigenvalue weighted by molar-refractivity contribution is 0.110. The second-order valence-corrected chi connectivity index (χ2v) is 4.32. The highest BCUT2D eigenvalue weighted by atomic mass is 16.4. The normalized spacial score (nSPS) is 10.7. The van der Waals surface area contributed by atoms with Gasteiger partial charge in [-0.2, -0.15) is 0 Å². The van der Waals surface area contributed by atoms with Crippen molar-refractivity contribution in [3.63, 3.8) is 0 Å². The Morgan fingerprint density at radius 3 is 2.25 bits per heavy atom. The van der Waals surface area contributed by atoms with Crippen LogP contribution < -0.4 is 0 Å². The van der Waals surface area contributed by atoms with E-state index in [-0.39, 0.29) is 6.61 Å². The lowest BCUT2D eigenvalue weighted by atomic mass is 10.1. The standard InChI is InChI=1S/C16H12O4/c17-9-13-4-6-15(19-13)11-2-1-3-12(8-11)16-7-5-14(10-18)20-16/h1-9,18H,10H2. The second-order valence-electron chi connectivity index (χ2n) is 4.32. The molecule has 0 spiro atoms. The Bertz CT molecular complexity index is 736. The summed E-state index contributed by atoms with van der Waals surface area (Å²) in [6, 6.07) is 14.5. The molecule has 20 heavy (non-hydrogen) atoms. The molecule has 0 aliphatic heterocycles. The van der Waals surface area contributed by atoms with Gasteiger partial charge >= 0.3 is 0 Å². The van der Waals surface area contributed by atoms with Crippen molar-refractivity contribution < 1.29 is 18.7 Å². The lowest BCUT2D eigenvalue weighted by Gasteiger charge is -2.01. The molecular weight excluding hydrogens is 256 g/mol. The minimum absolute atomic E-state index is 0.124. The van der Waals surface area contributed by atoms with E-state index in [0.717, 1.165) is 11.1 Å². The van der Waals surface area contributed by atoms with Gasteiger partial charge in [-0.15, -0.1) is 0 Å². The summed E-state index contributed by atoms with van der Waals surface area (Å²) in [5.41, 5.74) is 1.74. The largest absolute Gasteiger partial charge is 0.459 e. The monoisotopic (exact) mass is 268 g/mol. The van der Waals surface area contributed by atoms with Crippen LogP contribution in [-0.2, 0) is 6.61 Å². The second kappa shape index (κ2) is 5.19. The van der Waals surface area contributed by atoms with Gasteiger partial charge in [0, 0.05) is 11.1 Å². The van der Waals surface area contributed by atoms with Crippen molar-refractivity contribution in [3.05, 3.63) is 60.1 Å². The molecule has 2 aromatic heterocycles. The van der Waals surface area contributed by atoms with Crippen molar-refractivity contribution in [1.29, 1.82) is 0 Å². The van der Waals surface area contributed by atoms with E-state index in [1.54, 1.807) is 18.2 Å². The minimum atomic E-state index is -0.124. The molecule has 0 atom stereocenters. The molecule has 1 aromatic carbocycles. The van der Waals surface area contributed by atoms with E-state index in [1.165, 1.54) is 0 Å². The quantitative estimate of drug-likeness (QED) is 0.735. The van der Waals surface area contributed by atoms with E-state index in [0.29, 0.717) is 29.3 Å². The zero-order chi connectivity index (χ0) is 13.9. The molecule has 3 rings (SSSR count). The lowest BCUT2D eigenvalue weighted by Crippen LogP contribution is -1.78. The van der Waals surface area contributed by atoms with Gasteiger partial charge in [0.25, 0.3) is 0 Å². The highest BCUT2D eigenvalue weighted by Crippen LogP contribution is 2.28. The number of aldehydes is 1. The van der Waals surface area contributed by atoms with Crippen molar-refractivity contribution in [3.8, 4) is 22.6 Å². The first-order chi connectivity index (χ1) is 9.80. The van der Waals surface area contributed by atoms with Crippen LogP contribution in [0.1, 0.15) is 16.3 Å². The number of aliphatic hydroxyl groups excluding tert-OH is 1. The van der Waals surface area contributed by atoms with Gasteiger partial charge in [-0.1, -0.05) is 18.2 Å². The summed E-state index contributed by atoms with van der Waals surface area (Å²) in [6.45, 7) is -0.124. The van der Waals surface area contributed by atoms with Crippen LogP contribution in [0.3, 0.4) is 0 Å². The summed E-state index contributed by atoms with van der Waals surface area (Å²) >= 11 is 0. The third-order valence-electron chi connectivity index (χ3n) is 2.99. The van der Waals surface area contributed by atoms with Gasteiger partial charge in [-0.25, -0.2) is 0 Å². The molecule has 4 nitrogen and oxygen atoms in total. The summed E-state index contributed by atoms with van der Waals surface area (Å²) in [6.07, 6.45) is 0.674. The van der Waals surface area contributed by atoms with Crippen LogP contribution in [0.4, 0.5) is 0 Å². The van der Waals surface area contributed by atoms with Gasteiger partial charge in [0.2, 0.25) is 0 Å². The minimum Gasteiger partial charge on any atom is -0.459 e. The number of carbonyl (C=O) groups is 1. The molecule has 0 aliphatic rings. The smallest absolute Gasteiger partial charge is 0.185 e. The van der Waals surface area contributed by atoms with Crippen LogP contribution in [-0.4, -0.2) is 11.4 Å². The van der Waals surface area contributed by atoms with Gasteiger partial charge in [-0.05, 0) is 30.3 Å². The highest BCUT2D eigenvalue weighted by Gasteiger charge is 2.08. The van der Waals surface area contributed by atoms with E-state index in [1.807, 2.05) is 30.3 Å². The molecule has 100 valence electrons. The van der Waals surface area contributed by atoms with Crippen LogP contribution in [0.2, 0.25) is 0 Å².